The van der Waals surface area contributed by atoms with Crippen molar-refractivity contribution >= 4 is 16.7 Å². The molecule has 1 aliphatic carbocycles. The number of carbonyl (C=O) groups is 1. The third-order valence-electron chi connectivity index (χ3n) is 3.07. The average molecular weight is 185 g/mol. The van der Waals surface area contributed by atoms with Crippen LogP contribution in [0, 0.1) is 6.92 Å². The van der Waals surface area contributed by atoms with Crippen LogP contribution in [0.4, 0.5) is 0 Å². The van der Waals surface area contributed by atoms with Crippen LogP contribution in [0.3, 0.4) is 0 Å². The number of Topliss-reactive ketones (excluding diaryl/α,β-unsaturated/α-hetero) is 1. The number of nitrogens with one attached hydrogen (secondary N) is 1. The molecule has 0 amide bonds. The molecule has 2 nitrogen and oxygen atoms in total. The lowest BCUT2D eigenvalue weighted by Gasteiger charge is -1.99. The molecule has 14 heavy (non-hydrogen) atoms. The molecule has 0 radical (unpaired) electrons. The highest BCUT2D eigenvalue weighted by molar-refractivity contribution is 6.05. The van der Waals surface area contributed by atoms with E-state index in [9.17, 15) is 4.79 Å². The molecule has 3 rings (SSSR count). The number of fused-ring (bicyclic) bond motifs is 3. The molecule has 1 aliphatic rings. The van der Waals surface area contributed by atoms with Crippen LogP contribution >= 0.6 is 0 Å². The number of aromatic nitrogens is 1. The summed E-state index contributed by atoms with van der Waals surface area (Å²) in [5.41, 5.74) is 4.54. The molecule has 1 aromatic heterocycles. The number of ketones is 1. The van der Waals surface area contributed by atoms with Crippen LogP contribution in [0.5, 0.6) is 0 Å². The van der Waals surface area contributed by atoms with E-state index in [-0.39, 0.29) is 5.78 Å². The van der Waals surface area contributed by atoms with Crippen molar-refractivity contribution < 1.29 is 4.79 Å². The summed E-state index contributed by atoms with van der Waals surface area (Å²) in [5.74, 6) is 0.286. The average Bonchev–Trinajstić information content (AvgIpc) is 2.72. The molecule has 1 N–H and O–H groups in total. The molecule has 1 aromatic carbocycles. The zero-order chi connectivity index (χ0) is 9.71. The minimum atomic E-state index is 0.286. The van der Waals surface area contributed by atoms with Gasteiger partial charge in [0.15, 0.2) is 5.78 Å². The summed E-state index contributed by atoms with van der Waals surface area (Å²) in [6.07, 6.45) is 3.58. The van der Waals surface area contributed by atoms with Gasteiger partial charge in [0.1, 0.15) is 0 Å². The van der Waals surface area contributed by atoms with Gasteiger partial charge in [0.25, 0.3) is 0 Å². The van der Waals surface area contributed by atoms with Crippen molar-refractivity contribution in [2.75, 3.05) is 0 Å². The van der Waals surface area contributed by atoms with Gasteiger partial charge >= 0.3 is 0 Å². The van der Waals surface area contributed by atoms with Crippen molar-refractivity contribution in [2.24, 2.45) is 0 Å². The Balaban J connectivity index is 2.44. The molecular weight excluding hydrogens is 174 g/mol. The van der Waals surface area contributed by atoms with Crippen LogP contribution in [0.1, 0.15) is 27.9 Å². The monoisotopic (exact) mass is 185 g/mol. The first-order chi connectivity index (χ1) is 6.77. The second kappa shape index (κ2) is 2.47. The number of rotatable bonds is 0. The minimum absolute atomic E-state index is 0.286. The summed E-state index contributed by atoms with van der Waals surface area (Å²) in [6, 6.07) is 4.01. The van der Waals surface area contributed by atoms with Crippen LogP contribution in [0.25, 0.3) is 10.9 Å². The number of hydrogen-bond acceptors (Lipinski definition) is 1. The van der Waals surface area contributed by atoms with Crippen molar-refractivity contribution in [3.63, 3.8) is 0 Å². The Morgan fingerprint density at radius 2 is 2.14 bits per heavy atom. The van der Waals surface area contributed by atoms with E-state index in [1.165, 1.54) is 16.5 Å². The molecule has 2 heteroatoms. The molecule has 0 bridgehead atoms. The van der Waals surface area contributed by atoms with E-state index in [0.717, 1.165) is 17.5 Å². The lowest BCUT2D eigenvalue weighted by molar-refractivity contribution is 0.0994. The summed E-state index contributed by atoms with van der Waals surface area (Å²) in [7, 11) is 0. The molecule has 70 valence electrons. The maximum absolute atomic E-state index is 11.5. The van der Waals surface area contributed by atoms with Gasteiger partial charge in [-0.25, -0.2) is 0 Å². The fraction of sp³-hybridized carbons (Fsp3) is 0.250. The first-order valence-corrected chi connectivity index (χ1v) is 4.90. The van der Waals surface area contributed by atoms with E-state index < -0.39 is 0 Å². The van der Waals surface area contributed by atoms with Gasteiger partial charge in [-0.15, -0.1) is 0 Å². The van der Waals surface area contributed by atoms with E-state index in [1.807, 2.05) is 18.3 Å². The number of aryl methyl sites for hydroxylation is 2. The van der Waals surface area contributed by atoms with Crippen molar-refractivity contribution in [3.8, 4) is 0 Å². The minimum Gasteiger partial charge on any atom is -0.361 e. The smallest absolute Gasteiger partial charge is 0.163 e. The van der Waals surface area contributed by atoms with Gasteiger partial charge in [0.05, 0.1) is 0 Å². The van der Waals surface area contributed by atoms with Crippen LogP contribution in [0.15, 0.2) is 18.3 Å². The van der Waals surface area contributed by atoms with Gasteiger partial charge in [-0.05, 0) is 24.5 Å². The van der Waals surface area contributed by atoms with Gasteiger partial charge in [-0.2, -0.15) is 0 Å². The second-order valence-corrected chi connectivity index (χ2v) is 3.91. The summed E-state index contributed by atoms with van der Waals surface area (Å²) >= 11 is 0. The number of benzene rings is 1. The Labute approximate surface area is 81.9 Å². The standard InChI is InChI=1S/C12H11NO/c1-7-6-13-12-8(7)2-3-9-10(12)4-5-11(9)14/h2-3,6,13H,4-5H2,1H3. The molecule has 0 aliphatic heterocycles. The molecule has 0 saturated carbocycles. The Morgan fingerprint density at radius 3 is 3.00 bits per heavy atom. The maximum Gasteiger partial charge on any atom is 0.163 e. The van der Waals surface area contributed by atoms with Crippen LogP contribution in [-0.2, 0) is 6.42 Å². The quantitative estimate of drug-likeness (QED) is 0.672. The van der Waals surface area contributed by atoms with Crippen molar-refractivity contribution in [2.45, 2.75) is 19.8 Å². The Bertz CT molecular complexity index is 536. The van der Waals surface area contributed by atoms with Gasteiger partial charge in [-0.1, -0.05) is 12.1 Å². The molecule has 0 fully saturated rings. The summed E-state index contributed by atoms with van der Waals surface area (Å²) in [5, 5.41) is 1.25. The van der Waals surface area contributed by atoms with Gasteiger partial charge < -0.3 is 4.98 Å². The number of carbonyl (C=O) groups excluding carboxylic acids is 1. The van der Waals surface area contributed by atoms with E-state index >= 15 is 0 Å². The van der Waals surface area contributed by atoms with Gasteiger partial charge in [0, 0.05) is 29.1 Å². The topological polar surface area (TPSA) is 32.9 Å². The largest absolute Gasteiger partial charge is 0.361 e. The summed E-state index contributed by atoms with van der Waals surface area (Å²) < 4.78 is 0. The zero-order valence-electron chi connectivity index (χ0n) is 8.05. The summed E-state index contributed by atoms with van der Waals surface area (Å²) in [6.45, 7) is 2.09. The molecule has 1 heterocycles. The van der Waals surface area contributed by atoms with Crippen molar-refractivity contribution in [1.82, 2.24) is 4.98 Å². The molecular formula is C12H11NO. The number of hydrogen-bond donors (Lipinski definition) is 1. The maximum atomic E-state index is 11.5. The third kappa shape index (κ3) is 0.830. The number of H-pyrrole nitrogens is 1. The predicted octanol–water partition coefficient (Wildman–Crippen LogP) is 2.61. The molecule has 0 unspecified atom stereocenters. The second-order valence-electron chi connectivity index (χ2n) is 3.91. The lowest BCUT2D eigenvalue weighted by Crippen LogP contribution is -1.90. The predicted molar refractivity (Wildman–Crippen MR) is 55.7 cm³/mol. The van der Waals surface area contributed by atoms with E-state index in [1.54, 1.807) is 0 Å². The van der Waals surface area contributed by atoms with E-state index in [4.69, 9.17) is 0 Å². The first-order valence-electron chi connectivity index (χ1n) is 4.90. The third-order valence-corrected chi connectivity index (χ3v) is 3.07. The van der Waals surface area contributed by atoms with E-state index in [0.29, 0.717) is 6.42 Å². The fourth-order valence-corrected chi connectivity index (χ4v) is 2.29. The fourth-order valence-electron chi connectivity index (χ4n) is 2.29. The van der Waals surface area contributed by atoms with E-state index in [2.05, 4.69) is 11.9 Å². The highest BCUT2D eigenvalue weighted by atomic mass is 16.1. The molecule has 0 atom stereocenters. The van der Waals surface area contributed by atoms with Gasteiger partial charge in [-0.3, -0.25) is 4.79 Å². The van der Waals surface area contributed by atoms with Crippen LogP contribution < -0.4 is 0 Å². The molecule has 2 aromatic rings. The SMILES string of the molecule is Cc1c[nH]c2c3c(ccc12)C(=O)CC3. The highest BCUT2D eigenvalue weighted by Gasteiger charge is 2.22. The highest BCUT2D eigenvalue weighted by Crippen LogP contribution is 2.30. The van der Waals surface area contributed by atoms with Crippen molar-refractivity contribution in [3.05, 3.63) is 35.0 Å². The van der Waals surface area contributed by atoms with Crippen LogP contribution in [-0.4, -0.2) is 10.8 Å². The number of aromatic amines is 1. The summed E-state index contributed by atoms with van der Waals surface area (Å²) in [4.78, 5) is 14.8. The Kier molecular flexibility index (Phi) is 1.38. The first kappa shape index (κ1) is 7.80. The van der Waals surface area contributed by atoms with Crippen molar-refractivity contribution in [1.29, 1.82) is 0 Å². The lowest BCUT2D eigenvalue weighted by atomic mass is 10.1. The van der Waals surface area contributed by atoms with Crippen LogP contribution in [0.2, 0.25) is 0 Å². The normalized spacial score (nSPS) is 15.1. The van der Waals surface area contributed by atoms with Gasteiger partial charge in [0.2, 0.25) is 0 Å². The Morgan fingerprint density at radius 1 is 1.29 bits per heavy atom. The molecule has 0 spiro atoms. The molecule has 0 saturated heterocycles. The zero-order valence-corrected chi connectivity index (χ0v) is 8.05. The Hall–Kier alpha value is -1.57.